The Morgan fingerprint density at radius 2 is 1.65 bits per heavy atom. The fraction of sp³-hybridized carbons (Fsp3) is 0.200. The Kier molecular flexibility index (Phi) is 6.51. The number of aromatic nitrogens is 2. The van der Waals surface area contributed by atoms with E-state index in [1.165, 1.54) is 11.6 Å². The molecule has 40 heavy (non-hydrogen) atoms. The zero-order valence-electron chi connectivity index (χ0n) is 22.2. The number of ether oxygens (including phenoxy) is 2. The van der Waals surface area contributed by atoms with Crippen LogP contribution in [0.2, 0.25) is 5.02 Å². The third kappa shape index (κ3) is 4.28. The zero-order valence-corrected chi connectivity index (χ0v) is 22.9. The van der Waals surface area contributed by atoms with Gasteiger partial charge in [-0.3, -0.25) is 9.59 Å². The average molecular weight is 556 g/mol. The van der Waals surface area contributed by atoms with E-state index in [4.69, 9.17) is 26.2 Å². The number of anilines is 1. The Hall–Kier alpha value is -4.63. The van der Waals surface area contributed by atoms with Crippen LogP contribution in [-0.4, -0.2) is 52.8 Å². The molecule has 4 aromatic rings. The fourth-order valence-corrected chi connectivity index (χ4v) is 5.35. The van der Waals surface area contributed by atoms with Crippen molar-refractivity contribution < 1.29 is 19.1 Å². The minimum absolute atomic E-state index is 0.0844. The maximum atomic E-state index is 14.2. The van der Waals surface area contributed by atoms with Crippen LogP contribution >= 0.6 is 11.6 Å². The molecule has 6 rings (SSSR count). The van der Waals surface area contributed by atoms with Crippen molar-refractivity contribution in [3.8, 4) is 17.2 Å². The summed E-state index contributed by atoms with van der Waals surface area (Å²) >= 11 is 6.04. The first-order chi connectivity index (χ1) is 19.4. The van der Waals surface area contributed by atoms with Crippen molar-refractivity contribution >= 4 is 34.7 Å². The van der Waals surface area contributed by atoms with Gasteiger partial charge in [0.05, 0.1) is 31.2 Å². The molecule has 1 unspecified atom stereocenters. The Morgan fingerprint density at radius 1 is 0.950 bits per heavy atom. The van der Waals surface area contributed by atoms with Gasteiger partial charge in [-0.25, -0.2) is 9.69 Å². The number of rotatable bonds is 7. The van der Waals surface area contributed by atoms with Gasteiger partial charge < -0.3 is 14.4 Å². The highest BCUT2D eigenvalue weighted by Crippen LogP contribution is 2.44. The molecule has 0 radical (unpaired) electrons. The maximum absolute atomic E-state index is 14.2. The number of halogens is 1. The van der Waals surface area contributed by atoms with Crippen LogP contribution in [0.5, 0.6) is 11.5 Å². The number of carbonyl (C=O) groups is 2. The number of fused-ring (bicyclic) bond motifs is 3. The molecule has 3 aromatic carbocycles. The summed E-state index contributed by atoms with van der Waals surface area (Å²) in [5.41, 5.74) is 3.82. The van der Waals surface area contributed by atoms with Crippen molar-refractivity contribution in [3.63, 3.8) is 0 Å². The molecule has 0 N–H and O–H groups in total. The molecule has 10 heteroatoms. The summed E-state index contributed by atoms with van der Waals surface area (Å²) in [5.74, 6) is 0.799. The maximum Gasteiger partial charge on any atom is 0.233 e. The highest BCUT2D eigenvalue weighted by atomic mass is 35.5. The van der Waals surface area contributed by atoms with Gasteiger partial charge >= 0.3 is 0 Å². The van der Waals surface area contributed by atoms with E-state index < -0.39 is 6.17 Å². The van der Waals surface area contributed by atoms with Crippen LogP contribution in [0.3, 0.4) is 0 Å². The molecular weight excluding hydrogens is 530 g/mol. The van der Waals surface area contributed by atoms with E-state index in [1.54, 1.807) is 44.7 Å². The van der Waals surface area contributed by atoms with Crippen molar-refractivity contribution in [2.75, 3.05) is 25.8 Å². The van der Waals surface area contributed by atoms with E-state index in [2.05, 4.69) is 5.10 Å². The summed E-state index contributed by atoms with van der Waals surface area (Å²) in [6, 6.07) is 20.6. The Bertz CT molecular complexity index is 1650. The normalized spacial score (nSPS) is 15.8. The Morgan fingerprint density at radius 3 is 2.33 bits per heavy atom. The first-order valence-electron chi connectivity index (χ1n) is 12.7. The van der Waals surface area contributed by atoms with Gasteiger partial charge in [-0.05, 0) is 60.5 Å². The number of benzene rings is 3. The standard InChI is InChI=1S/C30H26ClN5O4/c1-18(37)27-24(17-35(32-27)21-11-9-20(31)10-12-21)28(38)29-33-36(22-7-5-4-6-8-22)30-23-16-26(40-3)25(39-2)15-19(23)13-14-34(29)30/h4-12,15-17,30H,13-14H2,1-3H3. The van der Waals surface area contributed by atoms with Crippen LogP contribution < -0.4 is 14.5 Å². The molecule has 0 fully saturated rings. The largest absolute Gasteiger partial charge is 0.493 e. The van der Waals surface area contributed by atoms with Gasteiger partial charge in [-0.15, -0.1) is 5.10 Å². The number of para-hydroxylation sites is 1. The summed E-state index contributed by atoms with van der Waals surface area (Å²) in [7, 11) is 3.21. The molecule has 0 saturated heterocycles. The summed E-state index contributed by atoms with van der Waals surface area (Å²) < 4.78 is 12.7. The second-order valence-electron chi connectivity index (χ2n) is 9.52. The van der Waals surface area contributed by atoms with E-state index >= 15 is 0 Å². The van der Waals surface area contributed by atoms with E-state index in [9.17, 15) is 9.59 Å². The average Bonchev–Trinajstić information content (AvgIpc) is 3.60. The number of carbonyl (C=O) groups excluding carboxylic acids is 2. The van der Waals surface area contributed by atoms with Crippen molar-refractivity contribution in [2.45, 2.75) is 19.5 Å². The van der Waals surface area contributed by atoms with Crippen LogP contribution in [-0.2, 0) is 6.42 Å². The van der Waals surface area contributed by atoms with Gasteiger partial charge in [-0.2, -0.15) is 5.10 Å². The van der Waals surface area contributed by atoms with Crippen LogP contribution in [0.4, 0.5) is 5.69 Å². The number of amidine groups is 1. The third-order valence-corrected chi connectivity index (χ3v) is 7.41. The van der Waals surface area contributed by atoms with Gasteiger partial charge in [0, 0.05) is 30.3 Å². The lowest BCUT2D eigenvalue weighted by atomic mass is 9.95. The molecule has 202 valence electrons. The van der Waals surface area contributed by atoms with Gasteiger partial charge in [0.2, 0.25) is 5.78 Å². The lowest BCUT2D eigenvalue weighted by molar-refractivity contribution is 0.0990. The number of hydrazone groups is 1. The molecule has 1 atom stereocenters. The molecular formula is C30H26ClN5O4. The first kappa shape index (κ1) is 25.6. The van der Waals surface area contributed by atoms with Crippen LogP contribution in [0, 0.1) is 0 Å². The number of hydrogen-bond acceptors (Lipinski definition) is 8. The van der Waals surface area contributed by atoms with E-state index in [0.717, 1.165) is 16.8 Å². The molecule has 0 aliphatic carbocycles. The third-order valence-electron chi connectivity index (χ3n) is 7.15. The van der Waals surface area contributed by atoms with E-state index in [-0.39, 0.29) is 28.7 Å². The Balaban J connectivity index is 1.46. The van der Waals surface area contributed by atoms with Crippen LogP contribution in [0.1, 0.15) is 45.1 Å². The zero-order chi connectivity index (χ0) is 28.0. The van der Waals surface area contributed by atoms with Crippen molar-refractivity contribution in [3.05, 3.63) is 100 Å². The SMILES string of the molecule is COc1cc2c(cc1OC)C1N(CC2)C(C(=O)c2cn(-c3ccc(Cl)cc3)nc2C(C)=O)=NN1c1ccccc1. The quantitative estimate of drug-likeness (QED) is 0.285. The number of ketones is 2. The lowest BCUT2D eigenvalue weighted by Gasteiger charge is -2.37. The lowest BCUT2D eigenvalue weighted by Crippen LogP contribution is -2.43. The second-order valence-corrected chi connectivity index (χ2v) is 9.96. The van der Waals surface area contributed by atoms with Crippen LogP contribution in [0.25, 0.3) is 5.69 Å². The van der Waals surface area contributed by atoms with Crippen molar-refractivity contribution in [1.29, 1.82) is 0 Å². The molecule has 9 nitrogen and oxygen atoms in total. The van der Waals surface area contributed by atoms with Gasteiger partial charge in [-0.1, -0.05) is 29.8 Å². The van der Waals surface area contributed by atoms with Gasteiger partial charge in [0.1, 0.15) is 5.69 Å². The number of Topliss-reactive ketones (excluding diaryl/α,β-unsaturated/α-hetero) is 2. The molecule has 0 bridgehead atoms. The van der Waals surface area contributed by atoms with Crippen LogP contribution in [0.15, 0.2) is 78.0 Å². The number of methoxy groups -OCH3 is 2. The monoisotopic (exact) mass is 555 g/mol. The summed E-state index contributed by atoms with van der Waals surface area (Å²) in [6.07, 6.45) is 1.86. The number of hydrogen-bond donors (Lipinski definition) is 0. The second kappa shape index (κ2) is 10.2. The van der Waals surface area contributed by atoms with Crippen molar-refractivity contribution in [2.24, 2.45) is 5.10 Å². The van der Waals surface area contributed by atoms with Crippen molar-refractivity contribution in [1.82, 2.24) is 14.7 Å². The Labute approximate surface area is 236 Å². The molecule has 2 aliphatic heterocycles. The van der Waals surface area contributed by atoms with Gasteiger partial charge in [0.15, 0.2) is 29.3 Å². The molecule has 0 amide bonds. The van der Waals surface area contributed by atoms with Gasteiger partial charge in [0.25, 0.3) is 0 Å². The highest BCUT2D eigenvalue weighted by molar-refractivity contribution is 6.46. The topological polar surface area (TPSA) is 89.3 Å². The minimum Gasteiger partial charge on any atom is -0.493 e. The number of nitrogens with zero attached hydrogens (tertiary/aromatic N) is 5. The summed E-state index contributed by atoms with van der Waals surface area (Å²) in [4.78, 5) is 28.8. The van der Waals surface area contributed by atoms with E-state index in [1.807, 2.05) is 52.4 Å². The summed E-state index contributed by atoms with van der Waals surface area (Å²) in [5, 5.41) is 11.7. The predicted octanol–water partition coefficient (Wildman–Crippen LogP) is 5.32. The smallest absolute Gasteiger partial charge is 0.233 e. The highest BCUT2D eigenvalue weighted by Gasteiger charge is 2.44. The first-order valence-corrected chi connectivity index (χ1v) is 13.1. The predicted molar refractivity (Wildman–Crippen MR) is 152 cm³/mol. The minimum atomic E-state index is -0.392. The summed E-state index contributed by atoms with van der Waals surface area (Å²) in [6.45, 7) is 1.94. The molecule has 1 aromatic heterocycles. The fourth-order valence-electron chi connectivity index (χ4n) is 5.23. The van der Waals surface area contributed by atoms with E-state index in [0.29, 0.717) is 35.2 Å². The molecule has 2 aliphatic rings. The molecule has 3 heterocycles. The molecule has 0 spiro atoms. The molecule has 0 saturated carbocycles.